The van der Waals surface area contributed by atoms with E-state index in [1.807, 2.05) is 13.8 Å². The van der Waals surface area contributed by atoms with Crippen molar-refractivity contribution in [2.45, 2.75) is 58.4 Å². The minimum Gasteiger partial charge on any atom is -0.352 e. The Hall–Kier alpha value is -2.80. The standard InChI is InChI=1S/C24H32N6O/c1-18-22(19(2)30-24(27-18)25-17-26-30)12-13-23(31)28-21-11-7-15-29(16-21)14-6-10-20-8-4-3-5-9-20/h3-5,8-9,17,21H,6-7,10-16H2,1-2H3,(H,28,31). The highest BCUT2D eigenvalue weighted by Crippen LogP contribution is 2.16. The number of hydrogen-bond donors (Lipinski definition) is 1. The van der Waals surface area contributed by atoms with Crippen LogP contribution in [0.5, 0.6) is 0 Å². The van der Waals surface area contributed by atoms with Gasteiger partial charge in [0.25, 0.3) is 5.78 Å². The number of rotatable bonds is 8. The second-order valence-electron chi connectivity index (χ2n) is 8.53. The molecule has 1 N–H and O–H groups in total. The summed E-state index contributed by atoms with van der Waals surface area (Å²) in [5, 5.41) is 7.49. The SMILES string of the molecule is Cc1nc2ncnn2c(C)c1CCC(=O)NC1CCCN(CCCc2ccccc2)C1. The number of fused-ring (bicyclic) bond motifs is 1. The van der Waals surface area contributed by atoms with Crippen LogP contribution in [0.15, 0.2) is 36.7 Å². The lowest BCUT2D eigenvalue weighted by molar-refractivity contribution is -0.122. The van der Waals surface area contributed by atoms with Crippen LogP contribution in [0.2, 0.25) is 0 Å². The smallest absolute Gasteiger partial charge is 0.252 e. The lowest BCUT2D eigenvalue weighted by atomic mass is 10.0. The number of carbonyl (C=O) groups excluding carboxylic acids is 1. The molecule has 1 fully saturated rings. The first-order chi connectivity index (χ1) is 15.1. The van der Waals surface area contributed by atoms with Crippen molar-refractivity contribution in [1.29, 1.82) is 0 Å². The van der Waals surface area contributed by atoms with E-state index in [0.29, 0.717) is 18.6 Å². The fraction of sp³-hybridized carbons (Fsp3) is 0.500. The number of nitrogens with one attached hydrogen (secondary N) is 1. The zero-order chi connectivity index (χ0) is 21.6. The first kappa shape index (κ1) is 21.4. The third-order valence-corrected chi connectivity index (χ3v) is 6.24. The highest BCUT2D eigenvalue weighted by Gasteiger charge is 2.21. The maximum absolute atomic E-state index is 12.6. The summed E-state index contributed by atoms with van der Waals surface area (Å²) in [5.41, 5.74) is 4.41. The molecule has 3 aromatic rings. The van der Waals surface area contributed by atoms with E-state index in [1.54, 1.807) is 4.52 Å². The monoisotopic (exact) mass is 420 g/mol. The number of aromatic nitrogens is 4. The van der Waals surface area contributed by atoms with Gasteiger partial charge < -0.3 is 10.2 Å². The van der Waals surface area contributed by atoms with E-state index in [9.17, 15) is 4.79 Å². The van der Waals surface area contributed by atoms with Crippen LogP contribution < -0.4 is 5.32 Å². The van der Waals surface area contributed by atoms with Crippen molar-refractivity contribution < 1.29 is 4.79 Å². The summed E-state index contributed by atoms with van der Waals surface area (Å²) in [5.74, 6) is 0.728. The molecule has 7 nitrogen and oxygen atoms in total. The quantitative estimate of drug-likeness (QED) is 0.606. The molecule has 7 heteroatoms. The molecule has 0 aliphatic carbocycles. The largest absolute Gasteiger partial charge is 0.352 e. The molecule has 1 unspecified atom stereocenters. The van der Waals surface area contributed by atoms with Gasteiger partial charge in [-0.2, -0.15) is 10.1 Å². The molecule has 0 spiro atoms. The average Bonchev–Trinajstić information content (AvgIpc) is 3.23. The number of amides is 1. The summed E-state index contributed by atoms with van der Waals surface area (Å²) in [6, 6.07) is 10.9. The molecule has 0 radical (unpaired) electrons. The van der Waals surface area contributed by atoms with E-state index in [2.05, 4.69) is 55.6 Å². The fourth-order valence-corrected chi connectivity index (χ4v) is 4.58. The van der Waals surface area contributed by atoms with Crippen LogP contribution >= 0.6 is 0 Å². The number of likely N-dealkylation sites (tertiary alicyclic amines) is 1. The molecule has 1 amide bonds. The number of piperidine rings is 1. The Bertz CT molecular complexity index is 1020. The van der Waals surface area contributed by atoms with E-state index in [-0.39, 0.29) is 11.9 Å². The van der Waals surface area contributed by atoms with Crippen LogP contribution in [0.4, 0.5) is 0 Å². The van der Waals surface area contributed by atoms with Gasteiger partial charge >= 0.3 is 0 Å². The second kappa shape index (κ2) is 10.0. The van der Waals surface area contributed by atoms with Crippen molar-refractivity contribution in [3.8, 4) is 0 Å². The minimum absolute atomic E-state index is 0.119. The van der Waals surface area contributed by atoms with Crippen molar-refractivity contribution in [1.82, 2.24) is 29.8 Å². The molecule has 1 aliphatic rings. The predicted molar refractivity (Wildman–Crippen MR) is 121 cm³/mol. The van der Waals surface area contributed by atoms with Crippen LogP contribution in [0.1, 0.15) is 48.2 Å². The summed E-state index contributed by atoms with van der Waals surface area (Å²) >= 11 is 0. The first-order valence-electron chi connectivity index (χ1n) is 11.3. The Morgan fingerprint density at radius 3 is 2.87 bits per heavy atom. The van der Waals surface area contributed by atoms with Gasteiger partial charge in [-0.05, 0) is 70.2 Å². The summed E-state index contributed by atoms with van der Waals surface area (Å²) in [6.07, 6.45) is 7.11. The first-order valence-corrected chi connectivity index (χ1v) is 11.3. The Labute approximate surface area is 183 Å². The Balaban J connectivity index is 1.24. The zero-order valence-corrected chi connectivity index (χ0v) is 18.5. The predicted octanol–water partition coefficient (Wildman–Crippen LogP) is 2.89. The van der Waals surface area contributed by atoms with Gasteiger partial charge in [-0.15, -0.1) is 0 Å². The van der Waals surface area contributed by atoms with Gasteiger partial charge in [0.2, 0.25) is 5.91 Å². The lowest BCUT2D eigenvalue weighted by Crippen LogP contribution is -2.48. The Morgan fingerprint density at radius 1 is 1.19 bits per heavy atom. The molecule has 1 saturated heterocycles. The highest BCUT2D eigenvalue weighted by molar-refractivity contribution is 5.76. The maximum atomic E-state index is 12.6. The van der Waals surface area contributed by atoms with Gasteiger partial charge in [-0.1, -0.05) is 30.3 Å². The molecule has 1 atom stereocenters. The topological polar surface area (TPSA) is 75.4 Å². The van der Waals surface area contributed by atoms with Crippen LogP contribution in [0, 0.1) is 13.8 Å². The number of carbonyl (C=O) groups is 1. The van der Waals surface area contributed by atoms with E-state index in [1.165, 1.54) is 11.9 Å². The van der Waals surface area contributed by atoms with Gasteiger partial charge in [0.05, 0.1) is 0 Å². The van der Waals surface area contributed by atoms with Crippen molar-refractivity contribution in [2.75, 3.05) is 19.6 Å². The van der Waals surface area contributed by atoms with Crippen LogP contribution in [-0.4, -0.2) is 56.1 Å². The molecule has 1 aliphatic heterocycles. The van der Waals surface area contributed by atoms with E-state index in [4.69, 9.17) is 0 Å². The lowest BCUT2D eigenvalue weighted by Gasteiger charge is -2.33. The van der Waals surface area contributed by atoms with Crippen molar-refractivity contribution in [2.24, 2.45) is 0 Å². The third kappa shape index (κ3) is 5.47. The molecule has 31 heavy (non-hydrogen) atoms. The number of nitrogens with zero attached hydrogens (tertiary/aromatic N) is 5. The van der Waals surface area contributed by atoms with E-state index in [0.717, 1.165) is 62.3 Å². The molecular weight excluding hydrogens is 388 g/mol. The molecule has 164 valence electrons. The summed E-state index contributed by atoms with van der Waals surface area (Å²) in [7, 11) is 0. The maximum Gasteiger partial charge on any atom is 0.252 e. The van der Waals surface area contributed by atoms with Crippen molar-refractivity contribution in [3.63, 3.8) is 0 Å². The van der Waals surface area contributed by atoms with Crippen LogP contribution in [0.25, 0.3) is 5.78 Å². The fourth-order valence-electron chi connectivity index (χ4n) is 4.58. The van der Waals surface area contributed by atoms with E-state index < -0.39 is 0 Å². The molecule has 0 bridgehead atoms. The number of hydrogen-bond acceptors (Lipinski definition) is 5. The van der Waals surface area contributed by atoms with Crippen LogP contribution in [0.3, 0.4) is 0 Å². The summed E-state index contributed by atoms with van der Waals surface area (Å²) in [4.78, 5) is 23.8. The molecule has 3 heterocycles. The van der Waals surface area contributed by atoms with Gasteiger partial charge in [0, 0.05) is 30.4 Å². The minimum atomic E-state index is 0.119. The van der Waals surface area contributed by atoms with Gasteiger partial charge in [0.15, 0.2) is 0 Å². The summed E-state index contributed by atoms with van der Waals surface area (Å²) < 4.78 is 1.74. The Morgan fingerprint density at radius 2 is 2.03 bits per heavy atom. The molecule has 1 aromatic carbocycles. The van der Waals surface area contributed by atoms with Crippen molar-refractivity contribution >= 4 is 11.7 Å². The summed E-state index contributed by atoms with van der Waals surface area (Å²) in [6.45, 7) is 7.15. The van der Waals surface area contributed by atoms with Gasteiger partial charge in [-0.25, -0.2) is 9.50 Å². The van der Waals surface area contributed by atoms with Crippen LogP contribution in [-0.2, 0) is 17.6 Å². The molecular formula is C24H32N6O. The molecule has 0 saturated carbocycles. The van der Waals surface area contributed by atoms with Crippen molar-refractivity contribution in [3.05, 3.63) is 59.2 Å². The second-order valence-corrected chi connectivity index (χ2v) is 8.53. The molecule has 4 rings (SSSR count). The van der Waals surface area contributed by atoms with Gasteiger partial charge in [-0.3, -0.25) is 4.79 Å². The molecule has 2 aromatic heterocycles. The normalized spacial score (nSPS) is 17.2. The number of benzene rings is 1. The number of aryl methyl sites for hydroxylation is 3. The average molecular weight is 421 g/mol. The highest BCUT2D eigenvalue weighted by atomic mass is 16.1. The van der Waals surface area contributed by atoms with E-state index >= 15 is 0 Å². The Kier molecular flexibility index (Phi) is 6.92. The van der Waals surface area contributed by atoms with Gasteiger partial charge in [0.1, 0.15) is 6.33 Å². The third-order valence-electron chi connectivity index (χ3n) is 6.24. The zero-order valence-electron chi connectivity index (χ0n) is 18.5.